The van der Waals surface area contributed by atoms with Gasteiger partial charge in [0.1, 0.15) is 0 Å². The molecule has 0 aromatic carbocycles. The Labute approximate surface area is 131 Å². The van der Waals surface area contributed by atoms with Crippen molar-refractivity contribution >= 4 is 45.7 Å². The van der Waals surface area contributed by atoms with Crippen LogP contribution in [-0.2, 0) is 0 Å². The molecule has 0 aromatic rings. The molecule has 0 radical (unpaired) electrons. The van der Waals surface area contributed by atoms with Crippen molar-refractivity contribution in [2.45, 2.75) is 16.8 Å². The van der Waals surface area contributed by atoms with Crippen molar-refractivity contribution in [3.8, 4) is 0 Å². The van der Waals surface area contributed by atoms with Crippen LogP contribution in [0.3, 0.4) is 0 Å². The number of halogens is 3. The number of piperidine rings is 1. The molecule has 2 saturated heterocycles. The average molecular weight is 548 g/mol. The van der Waals surface area contributed by atoms with Crippen LogP contribution in [0, 0.1) is 0 Å². The molecule has 2 rings (SSSR count). The van der Waals surface area contributed by atoms with E-state index in [9.17, 15) is 0 Å². The van der Waals surface area contributed by atoms with E-state index in [0.29, 0.717) is 21.5 Å². The Bertz CT molecular complexity index is 169. The minimum absolute atomic E-state index is 0.317. The van der Waals surface area contributed by atoms with Crippen molar-refractivity contribution < 1.29 is 21.5 Å². The molecule has 2 aliphatic rings. The molecule has 2 fully saturated rings. The molecule has 0 aromatic heterocycles. The van der Waals surface area contributed by atoms with E-state index in [1.54, 1.807) is 0 Å². The van der Waals surface area contributed by atoms with Gasteiger partial charge in [0.05, 0.1) is 0 Å². The maximum atomic E-state index is 2.77. The Balaban J connectivity index is 1.68. The van der Waals surface area contributed by atoms with Gasteiger partial charge in [0.2, 0.25) is 0 Å². The maximum absolute atomic E-state index is 2.77. The number of alkyl halides is 1. The Morgan fingerprint density at radius 2 is 1.33 bits per heavy atom. The SMILES string of the molecule is IN1CCC([I-]N2CCN(I)CC2)CC1. The van der Waals surface area contributed by atoms with E-state index in [2.05, 4.69) is 55.1 Å². The van der Waals surface area contributed by atoms with Gasteiger partial charge in [0.15, 0.2) is 0 Å². The van der Waals surface area contributed by atoms with Crippen LogP contribution in [0.15, 0.2) is 0 Å². The fourth-order valence-electron chi connectivity index (χ4n) is 1.86. The predicted molar refractivity (Wildman–Crippen MR) is 75.8 cm³/mol. The van der Waals surface area contributed by atoms with Gasteiger partial charge in [-0.3, -0.25) is 0 Å². The zero-order valence-corrected chi connectivity index (χ0v) is 15.2. The van der Waals surface area contributed by atoms with Gasteiger partial charge in [0, 0.05) is 0 Å². The van der Waals surface area contributed by atoms with Crippen molar-refractivity contribution in [3.05, 3.63) is 0 Å². The van der Waals surface area contributed by atoms with Gasteiger partial charge < -0.3 is 0 Å². The summed E-state index contributed by atoms with van der Waals surface area (Å²) in [6.07, 6.45) is 2.89. The molecule has 2 heterocycles. The molecule has 0 bridgehead atoms. The van der Waals surface area contributed by atoms with E-state index in [-0.39, 0.29) is 0 Å². The monoisotopic (exact) mass is 548 g/mol. The van der Waals surface area contributed by atoms with Crippen LogP contribution in [0.1, 0.15) is 12.8 Å². The van der Waals surface area contributed by atoms with Crippen molar-refractivity contribution in [3.63, 3.8) is 0 Å². The first kappa shape index (κ1) is 13.5. The molecule has 0 saturated carbocycles. The van der Waals surface area contributed by atoms with Crippen LogP contribution in [0.5, 0.6) is 0 Å². The summed E-state index contributed by atoms with van der Waals surface area (Å²) in [4.78, 5) is 0. The Hall–Kier alpha value is 2.07. The van der Waals surface area contributed by atoms with Crippen LogP contribution in [0.4, 0.5) is 0 Å². The normalized spacial score (nSPS) is 28.7. The van der Waals surface area contributed by atoms with Crippen molar-refractivity contribution in [2.24, 2.45) is 0 Å². The van der Waals surface area contributed by atoms with Gasteiger partial charge >= 0.3 is 133 Å². The first-order valence-electron chi connectivity index (χ1n) is 5.44. The third-order valence-electron chi connectivity index (χ3n) is 2.82. The Kier molecular flexibility index (Phi) is 6.17. The molecule has 3 nitrogen and oxygen atoms in total. The quantitative estimate of drug-likeness (QED) is 0.244. The van der Waals surface area contributed by atoms with E-state index >= 15 is 0 Å². The summed E-state index contributed by atoms with van der Waals surface area (Å²) in [7, 11) is 0. The van der Waals surface area contributed by atoms with Gasteiger partial charge in [0.25, 0.3) is 0 Å². The summed E-state index contributed by atoms with van der Waals surface area (Å²) >= 11 is 5.23. The van der Waals surface area contributed by atoms with Crippen LogP contribution < -0.4 is 21.5 Å². The van der Waals surface area contributed by atoms with Gasteiger partial charge in [-0.25, -0.2) is 0 Å². The second-order valence-electron chi connectivity index (χ2n) is 4.00. The summed E-state index contributed by atoms with van der Waals surface area (Å²) in [6.45, 7) is 7.81. The number of hydrogen-bond donors (Lipinski definition) is 0. The zero-order chi connectivity index (χ0) is 10.7. The van der Waals surface area contributed by atoms with E-state index in [0.717, 1.165) is 3.92 Å². The van der Waals surface area contributed by atoms with E-state index in [4.69, 9.17) is 0 Å². The summed E-state index contributed by atoms with van der Waals surface area (Å²) < 4.78 is 8.70. The third-order valence-corrected chi connectivity index (χ3v) is 8.53. The van der Waals surface area contributed by atoms with Crippen molar-refractivity contribution in [1.29, 1.82) is 0 Å². The van der Waals surface area contributed by atoms with E-state index < -0.39 is 0 Å². The molecule has 2 aliphatic heterocycles. The number of nitrogens with zero attached hydrogens (tertiary/aromatic N) is 3. The van der Waals surface area contributed by atoms with Gasteiger partial charge in [-0.2, -0.15) is 0 Å². The molecule has 6 heteroatoms. The van der Waals surface area contributed by atoms with Crippen molar-refractivity contribution in [2.75, 3.05) is 39.3 Å². The van der Waals surface area contributed by atoms with Gasteiger partial charge in [-0.1, -0.05) is 0 Å². The Morgan fingerprint density at radius 1 is 0.800 bits per heavy atom. The molecule has 0 atom stereocenters. The first-order valence-corrected chi connectivity index (χ1v) is 9.58. The number of piperazine rings is 1. The van der Waals surface area contributed by atoms with Crippen LogP contribution >= 0.6 is 45.7 Å². The molecular weight excluding hydrogens is 531 g/mol. The fraction of sp³-hybridized carbons (Fsp3) is 1.00. The van der Waals surface area contributed by atoms with E-state index in [1.807, 2.05) is 0 Å². The minimum atomic E-state index is 0.317. The fourth-order valence-corrected chi connectivity index (χ4v) is 6.07. The van der Waals surface area contributed by atoms with Gasteiger partial charge in [-0.05, 0) is 0 Å². The summed E-state index contributed by atoms with van der Waals surface area (Å²) in [6, 6.07) is 0. The molecule has 0 amide bonds. The standard InChI is InChI=1S/C9H17I3N3/c10-13-3-1-9(2-4-13)12-15-7-5-14(11)6-8-15/h9H,1-8H2/q-1. The van der Waals surface area contributed by atoms with Crippen molar-refractivity contribution in [1.82, 2.24) is 9.34 Å². The summed E-state index contributed by atoms with van der Waals surface area (Å²) in [5, 5.41) is 0. The Morgan fingerprint density at radius 3 is 1.93 bits per heavy atom. The molecule has 0 unspecified atom stereocenters. The summed E-state index contributed by atoms with van der Waals surface area (Å²) in [5.74, 6) is 0. The second kappa shape index (κ2) is 6.86. The van der Waals surface area contributed by atoms with Crippen LogP contribution in [0.25, 0.3) is 0 Å². The molecule has 0 spiro atoms. The average Bonchev–Trinajstić information content (AvgIpc) is 2.25. The summed E-state index contributed by atoms with van der Waals surface area (Å²) in [5.41, 5.74) is 0. The molecule has 0 aliphatic carbocycles. The topological polar surface area (TPSA) is 9.72 Å². The van der Waals surface area contributed by atoms with Crippen LogP contribution in [-0.4, -0.2) is 52.5 Å². The number of rotatable bonds is 2. The van der Waals surface area contributed by atoms with Crippen LogP contribution in [0.2, 0.25) is 0 Å². The predicted octanol–water partition coefficient (Wildman–Crippen LogP) is -1.23. The molecular formula is C9H17I3N3-. The number of hydrogen-bond acceptors (Lipinski definition) is 3. The molecule has 0 N–H and O–H groups in total. The first-order chi connectivity index (χ1) is 7.24. The van der Waals surface area contributed by atoms with Gasteiger partial charge in [-0.15, -0.1) is 0 Å². The third kappa shape index (κ3) is 4.68. The zero-order valence-electron chi connectivity index (χ0n) is 8.71. The molecule has 90 valence electrons. The second-order valence-corrected chi connectivity index (χ2v) is 10.4. The van der Waals surface area contributed by atoms with E-state index in [1.165, 1.54) is 52.1 Å². The molecule has 15 heavy (non-hydrogen) atoms.